The molecule has 1 heterocycles. The van der Waals surface area contributed by atoms with Gasteiger partial charge < -0.3 is 25.5 Å². The summed E-state index contributed by atoms with van der Waals surface area (Å²) in [5.74, 6) is 0.735. The van der Waals surface area contributed by atoms with Crippen LogP contribution in [0.5, 0.6) is 0 Å². The molecule has 160 valence electrons. The molecule has 1 saturated heterocycles. The van der Waals surface area contributed by atoms with Gasteiger partial charge in [-0.05, 0) is 56.9 Å². The topological polar surface area (TPSA) is 80.2 Å². The predicted molar refractivity (Wildman–Crippen MR) is 118 cm³/mol. The van der Waals surface area contributed by atoms with Gasteiger partial charge in [0.1, 0.15) is 6.54 Å². The van der Waals surface area contributed by atoms with Gasteiger partial charge in [0.15, 0.2) is 5.96 Å². The minimum atomic E-state index is -0.180. The molecule has 0 atom stereocenters. The summed E-state index contributed by atoms with van der Waals surface area (Å²) in [4.78, 5) is 21.3. The molecule has 0 spiro atoms. The van der Waals surface area contributed by atoms with Gasteiger partial charge in [-0.25, -0.2) is 4.99 Å². The molecule has 0 unspecified atom stereocenters. The van der Waals surface area contributed by atoms with Gasteiger partial charge in [0, 0.05) is 49.5 Å². The number of carbonyl (C=O) groups excluding carboxylic acids is 1. The van der Waals surface area contributed by atoms with Crippen molar-refractivity contribution >= 4 is 29.2 Å². The lowest BCUT2D eigenvalue weighted by molar-refractivity contribution is -0.129. The zero-order valence-electron chi connectivity index (χ0n) is 17.1. The standard InChI is InChI=1S/C21H32ClN5O2/c1-2-23-21(25-17-5-9-19(28)10-6-17)24-15-20(29)27-13-11-26(12-14-27)18-7-3-16(22)4-8-18/h3-4,7-8,17,19,28H,2,5-6,9-15H2,1H3,(H2,23,24,25). The van der Waals surface area contributed by atoms with E-state index in [9.17, 15) is 9.90 Å². The largest absolute Gasteiger partial charge is 0.393 e. The summed E-state index contributed by atoms with van der Waals surface area (Å²) in [6.45, 7) is 5.91. The van der Waals surface area contributed by atoms with Gasteiger partial charge in [-0.1, -0.05) is 11.6 Å². The lowest BCUT2D eigenvalue weighted by Gasteiger charge is -2.36. The molecule has 8 heteroatoms. The predicted octanol–water partition coefficient (Wildman–Crippen LogP) is 1.85. The fraction of sp³-hybridized carbons (Fsp3) is 0.619. The number of nitrogens with zero attached hydrogens (tertiary/aromatic N) is 3. The Hall–Kier alpha value is -1.99. The van der Waals surface area contributed by atoms with Crippen LogP contribution in [0.1, 0.15) is 32.6 Å². The number of benzene rings is 1. The van der Waals surface area contributed by atoms with E-state index in [0.29, 0.717) is 25.1 Å². The molecule has 1 aromatic rings. The highest BCUT2D eigenvalue weighted by Crippen LogP contribution is 2.20. The Morgan fingerprint density at radius 1 is 1.14 bits per heavy atom. The normalized spacial score (nSPS) is 23.1. The van der Waals surface area contributed by atoms with Crippen molar-refractivity contribution < 1.29 is 9.90 Å². The monoisotopic (exact) mass is 421 g/mol. The Balaban J connectivity index is 1.47. The van der Waals surface area contributed by atoms with E-state index >= 15 is 0 Å². The first-order chi connectivity index (χ1) is 14.0. The summed E-state index contributed by atoms with van der Waals surface area (Å²) in [6.07, 6.45) is 3.29. The van der Waals surface area contributed by atoms with Gasteiger partial charge in [-0.15, -0.1) is 0 Å². The Bertz CT molecular complexity index is 681. The molecule has 1 amide bonds. The van der Waals surface area contributed by atoms with Crippen LogP contribution in [-0.4, -0.2) is 73.3 Å². The molecule has 7 nitrogen and oxygen atoms in total. The summed E-state index contributed by atoms with van der Waals surface area (Å²) in [5.41, 5.74) is 1.13. The van der Waals surface area contributed by atoms with Gasteiger partial charge in [-0.3, -0.25) is 4.79 Å². The number of hydrogen-bond donors (Lipinski definition) is 3. The van der Waals surface area contributed by atoms with E-state index < -0.39 is 0 Å². The molecule has 29 heavy (non-hydrogen) atoms. The number of anilines is 1. The number of halogens is 1. The average Bonchev–Trinajstić information content (AvgIpc) is 2.74. The minimum Gasteiger partial charge on any atom is -0.393 e. The van der Waals surface area contributed by atoms with Crippen LogP contribution in [-0.2, 0) is 4.79 Å². The van der Waals surface area contributed by atoms with Crippen molar-refractivity contribution in [3.05, 3.63) is 29.3 Å². The van der Waals surface area contributed by atoms with Gasteiger partial charge in [0.25, 0.3) is 0 Å². The number of carbonyl (C=O) groups is 1. The molecule has 3 N–H and O–H groups in total. The van der Waals surface area contributed by atoms with Gasteiger partial charge in [0.2, 0.25) is 5.91 Å². The van der Waals surface area contributed by atoms with Gasteiger partial charge in [0.05, 0.1) is 6.10 Å². The van der Waals surface area contributed by atoms with Crippen LogP contribution < -0.4 is 15.5 Å². The van der Waals surface area contributed by atoms with Crippen molar-refractivity contribution in [1.29, 1.82) is 0 Å². The smallest absolute Gasteiger partial charge is 0.244 e. The maximum atomic E-state index is 12.6. The summed E-state index contributed by atoms with van der Waals surface area (Å²) in [5, 5.41) is 17.0. The van der Waals surface area contributed by atoms with Gasteiger partial charge in [-0.2, -0.15) is 0 Å². The molecule has 3 rings (SSSR count). The van der Waals surface area contributed by atoms with Crippen molar-refractivity contribution in [2.75, 3.05) is 44.2 Å². The Kier molecular flexibility index (Phi) is 8.00. The molecule has 1 aromatic carbocycles. The molecule has 2 fully saturated rings. The average molecular weight is 422 g/mol. The molecule has 1 aliphatic heterocycles. The van der Waals surface area contributed by atoms with E-state index in [2.05, 4.69) is 20.5 Å². The fourth-order valence-corrected chi connectivity index (χ4v) is 3.97. The van der Waals surface area contributed by atoms with Crippen LogP contribution in [0.25, 0.3) is 0 Å². The molecule has 1 saturated carbocycles. The number of aliphatic hydroxyl groups is 1. The summed E-state index contributed by atoms with van der Waals surface area (Å²) < 4.78 is 0. The summed E-state index contributed by atoms with van der Waals surface area (Å²) in [6, 6.07) is 8.12. The van der Waals surface area contributed by atoms with Gasteiger partial charge >= 0.3 is 0 Å². The van der Waals surface area contributed by atoms with E-state index in [4.69, 9.17) is 11.6 Å². The number of amides is 1. The third-order valence-corrected chi connectivity index (χ3v) is 5.83. The SMILES string of the molecule is CCNC(=NCC(=O)N1CCN(c2ccc(Cl)cc2)CC1)NC1CCC(O)CC1. The second-order valence-electron chi connectivity index (χ2n) is 7.69. The number of aliphatic hydroxyl groups excluding tert-OH is 1. The first-order valence-electron chi connectivity index (χ1n) is 10.6. The number of aliphatic imine (C=N–C) groups is 1. The lowest BCUT2D eigenvalue weighted by atomic mass is 9.93. The van der Waals surface area contributed by atoms with Crippen LogP contribution in [0.15, 0.2) is 29.3 Å². The molecule has 2 aliphatic rings. The van der Waals surface area contributed by atoms with Crippen molar-refractivity contribution in [3.8, 4) is 0 Å². The summed E-state index contributed by atoms with van der Waals surface area (Å²) >= 11 is 5.96. The Morgan fingerprint density at radius 3 is 2.41 bits per heavy atom. The third-order valence-electron chi connectivity index (χ3n) is 5.58. The van der Waals surface area contributed by atoms with Crippen LogP contribution in [0.3, 0.4) is 0 Å². The van der Waals surface area contributed by atoms with E-state index in [0.717, 1.165) is 56.0 Å². The molecule has 0 aromatic heterocycles. The van der Waals surface area contributed by atoms with Crippen molar-refractivity contribution in [2.45, 2.75) is 44.8 Å². The highest BCUT2D eigenvalue weighted by molar-refractivity contribution is 6.30. The van der Waals surface area contributed by atoms with Crippen molar-refractivity contribution in [2.24, 2.45) is 4.99 Å². The number of rotatable bonds is 5. The van der Waals surface area contributed by atoms with E-state index in [1.54, 1.807) is 0 Å². The maximum absolute atomic E-state index is 12.6. The second kappa shape index (κ2) is 10.7. The van der Waals surface area contributed by atoms with E-state index in [-0.39, 0.29) is 18.6 Å². The fourth-order valence-electron chi connectivity index (χ4n) is 3.85. The second-order valence-corrected chi connectivity index (χ2v) is 8.13. The number of piperazine rings is 1. The number of guanidine groups is 1. The Morgan fingerprint density at radius 2 is 1.79 bits per heavy atom. The third kappa shape index (κ3) is 6.51. The minimum absolute atomic E-state index is 0.0528. The quantitative estimate of drug-likeness (QED) is 0.499. The maximum Gasteiger partial charge on any atom is 0.244 e. The van der Waals surface area contributed by atoms with Crippen molar-refractivity contribution in [3.63, 3.8) is 0 Å². The molecule has 0 bridgehead atoms. The zero-order valence-corrected chi connectivity index (χ0v) is 17.9. The number of hydrogen-bond acceptors (Lipinski definition) is 4. The van der Waals surface area contributed by atoms with Crippen molar-refractivity contribution in [1.82, 2.24) is 15.5 Å². The van der Waals surface area contributed by atoms with E-state index in [1.807, 2.05) is 36.1 Å². The highest BCUT2D eigenvalue weighted by Gasteiger charge is 2.22. The first-order valence-corrected chi connectivity index (χ1v) is 10.9. The van der Waals surface area contributed by atoms with Crippen LogP contribution in [0.4, 0.5) is 5.69 Å². The van der Waals surface area contributed by atoms with Crippen LogP contribution in [0.2, 0.25) is 5.02 Å². The molecular formula is C21H32ClN5O2. The Labute approximate surface area is 178 Å². The molecule has 0 radical (unpaired) electrons. The first kappa shape index (κ1) is 21.7. The molecule has 1 aliphatic carbocycles. The lowest BCUT2D eigenvalue weighted by Crippen LogP contribution is -2.50. The van der Waals surface area contributed by atoms with Crippen LogP contribution >= 0.6 is 11.6 Å². The molecular weight excluding hydrogens is 390 g/mol. The van der Waals surface area contributed by atoms with Crippen LogP contribution in [0, 0.1) is 0 Å². The van der Waals surface area contributed by atoms with E-state index in [1.165, 1.54) is 0 Å². The number of nitrogens with one attached hydrogen (secondary N) is 2. The highest BCUT2D eigenvalue weighted by atomic mass is 35.5. The summed E-state index contributed by atoms with van der Waals surface area (Å²) in [7, 11) is 0. The zero-order chi connectivity index (χ0) is 20.6.